The number of para-hydroxylation sites is 1. The molecule has 0 bridgehead atoms. The molecule has 1 amide bonds. The summed E-state index contributed by atoms with van der Waals surface area (Å²) in [4.78, 5) is 44.4. The number of methoxy groups -OCH3 is 1. The third-order valence-electron chi connectivity index (χ3n) is 4.31. The molecule has 0 spiro atoms. The Hall–Kier alpha value is -2.91. The molecule has 0 aliphatic carbocycles. The molecule has 0 atom stereocenters. The zero-order valence-electron chi connectivity index (χ0n) is 16.9. The van der Waals surface area contributed by atoms with Crippen molar-refractivity contribution in [3.8, 4) is 0 Å². The van der Waals surface area contributed by atoms with Gasteiger partial charge < -0.3 is 9.47 Å². The second-order valence-corrected chi connectivity index (χ2v) is 8.40. The van der Waals surface area contributed by atoms with Crippen LogP contribution in [0.15, 0.2) is 46.3 Å². The first-order valence-corrected chi connectivity index (χ1v) is 10.7. The van der Waals surface area contributed by atoms with Gasteiger partial charge in [0.2, 0.25) is 0 Å². The summed E-state index contributed by atoms with van der Waals surface area (Å²) in [6.45, 7) is 5.73. The van der Waals surface area contributed by atoms with Crippen molar-refractivity contribution >= 4 is 56.8 Å². The molecule has 0 radical (unpaired) electrons. The average Bonchev–Trinajstić information content (AvgIpc) is 3.18. The predicted molar refractivity (Wildman–Crippen MR) is 118 cm³/mol. The Morgan fingerprint density at radius 3 is 2.53 bits per heavy atom. The standard InChI is InChI=1S/C21H20N2O5S2/c1-5-28-20(26)17-12(2)13(3)29-18(17)22-21-23(14-9-7-6-8-10-14)19(25)15(30-21)11-16(24)27-4/h6-11H,5H2,1-4H3. The predicted octanol–water partition coefficient (Wildman–Crippen LogP) is 4.37. The van der Waals surface area contributed by atoms with Crippen LogP contribution >= 0.6 is 23.1 Å². The summed E-state index contributed by atoms with van der Waals surface area (Å²) < 4.78 is 9.84. The van der Waals surface area contributed by atoms with Gasteiger partial charge in [-0.05, 0) is 50.2 Å². The quantitative estimate of drug-likeness (QED) is 0.503. The lowest BCUT2D eigenvalue weighted by Crippen LogP contribution is -2.28. The fourth-order valence-corrected chi connectivity index (χ4v) is 4.76. The molecular weight excluding hydrogens is 424 g/mol. The lowest BCUT2D eigenvalue weighted by Gasteiger charge is -2.15. The lowest BCUT2D eigenvalue weighted by molar-refractivity contribution is -0.135. The van der Waals surface area contributed by atoms with Gasteiger partial charge in [-0.25, -0.2) is 14.6 Å². The summed E-state index contributed by atoms with van der Waals surface area (Å²) in [6, 6.07) is 8.98. The van der Waals surface area contributed by atoms with Crippen LogP contribution in [0.1, 0.15) is 27.7 Å². The number of ether oxygens (including phenoxy) is 2. The van der Waals surface area contributed by atoms with E-state index in [4.69, 9.17) is 4.74 Å². The van der Waals surface area contributed by atoms with Gasteiger partial charge in [0.15, 0.2) is 5.17 Å². The third-order valence-corrected chi connectivity index (χ3v) is 6.38. The number of anilines is 1. The molecule has 3 rings (SSSR count). The number of thiophene rings is 1. The molecule has 2 heterocycles. The molecular formula is C21H20N2O5S2. The fraction of sp³-hybridized carbons (Fsp3) is 0.238. The summed E-state index contributed by atoms with van der Waals surface area (Å²) in [7, 11) is 1.25. The van der Waals surface area contributed by atoms with Gasteiger partial charge in [0.1, 0.15) is 5.00 Å². The number of aliphatic imine (C=N–C) groups is 1. The largest absolute Gasteiger partial charge is 0.466 e. The molecule has 156 valence electrons. The molecule has 0 unspecified atom stereocenters. The monoisotopic (exact) mass is 444 g/mol. The first-order chi connectivity index (χ1) is 14.4. The van der Waals surface area contributed by atoms with Crippen LogP contribution in [0.2, 0.25) is 0 Å². The smallest absolute Gasteiger partial charge is 0.341 e. The van der Waals surface area contributed by atoms with Crippen molar-refractivity contribution in [1.82, 2.24) is 0 Å². The van der Waals surface area contributed by atoms with Gasteiger partial charge in [-0.3, -0.25) is 9.69 Å². The van der Waals surface area contributed by atoms with Crippen molar-refractivity contribution in [2.75, 3.05) is 18.6 Å². The molecule has 1 saturated heterocycles. The molecule has 30 heavy (non-hydrogen) atoms. The maximum absolute atomic E-state index is 13.0. The van der Waals surface area contributed by atoms with Crippen LogP contribution in [0.25, 0.3) is 0 Å². The van der Waals surface area contributed by atoms with Crippen LogP contribution in [0.5, 0.6) is 0 Å². The number of benzene rings is 1. The summed E-state index contributed by atoms with van der Waals surface area (Å²) in [5, 5.41) is 0.798. The highest BCUT2D eigenvalue weighted by atomic mass is 32.2. The number of aryl methyl sites for hydroxylation is 1. The Morgan fingerprint density at radius 2 is 1.90 bits per heavy atom. The first kappa shape index (κ1) is 21.8. The van der Waals surface area contributed by atoms with Gasteiger partial charge in [0, 0.05) is 11.0 Å². The second-order valence-electron chi connectivity index (χ2n) is 6.19. The minimum atomic E-state index is -0.630. The molecule has 1 fully saturated rings. The van der Waals surface area contributed by atoms with Gasteiger partial charge in [-0.2, -0.15) is 0 Å². The van der Waals surface area contributed by atoms with E-state index in [1.54, 1.807) is 31.2 Å². The Morgan fingerprint density at radius 1 is 1.20 bits per heavy atom. The summed E-state index contributed by atoms with van der Waals surface area (Å²) in [6.07, 6.45) is 1.14. The van der Waals surface area contributed by atoms with E-state index in [9.17, 15) is 14.4 Å². The van der Waals surface area contributed by atoms with Crippen molar-refractivity contribution < 1.29 is 23.9 Å². The van der Waals surface area contributed by atoms with E-state index in [1.807, 2.05) is 19.9 Å². The highest BCUT2D eigenvalue weighted by molar-refractivity contribution is 8.19. The van der Waals surface area contributed by atoms with Crippen molar-refractivity contribution in [1.29, 1.82) is 0 Å². The van der Waals surface area contributed by atoms with E-state index in [1.165, 1.54) is 23.3 Å². The number of hydrogen-bond donors (Lipinski definition) is 0. The molecule has 1 aliphatic heterocycles. The normalized spacial score (nSPS) is 16.4. The Balaban J connectivity index is 2.13. The number of esters is 2. The van der Waals surface area contributed by atoms with Crippen LogP contribution in [0.4, 0.5) is 10.7 Å². The summed E-state index contributed by atoms with van der Waals surface area (Å²) in [5.41, 5.74) is 1.78. The molecule has 1 aromatic carbocycles. The number of thioether (sulfide) groups is 1. The van der Waals surface area contributed by atoms with Gasteiger partial charge in [-0.1, -0.05) is 18.2 Å². The Bertz CT molecular complexity index is 1060. The van der Waals surface area contributed by atoms with Crippen LogP contribution in [-0.2, 0) is 19.1 Å². The van der Waals surface area contributed by atoms with Gasteiger partial charge in [-0.15, -0.1) is 11.3 Å². The number of carbonyl (C=O) groups excluding carboxylic acids is 3. The minimum Gasteiger partial charge on any atom is -0.466 e. The fourth-order valence-electron chi connectivity index (χ4n) is 2.74. The summed E-state index contributed by atoms with van der Waals surface area (Å²) >= 11 is 2.40. The molecule has 9 heteroatoms. The van der Waals surface area contributed by atoms with Crippen LogP contribution in [-0.4, -0.2) is 36.7 Å². The van der Waals surface area contributed by atoms with Gasteiger partial charge >= 0.3 is 11.9 Å². The topological polar surface area (TPSA) is 85.3 Å². The highest BCUT2D eigenvalue weighted by Gasteiger charge is 2.36. The number of amides is 1. The Labute approximate surface area is 182 Å². The van der Waals surface area contributed by atoms with E-state index in [-0.39, 0.29) is 11.5 Å². The highest BCUT2D eigenvalue weighted by Crippen LogP contribution is 2.40. The number of nitrogens with zero attached hydrogens (tertiary/aromatic N) is 2. The molecule has 1 aliphatic rings. The second kappa shape index (κ2) is 9.27. The zero-order valence-corrected chi connectivity index (χ0v) is 18.6. The average molecular weight is 445 g/mol. The van der Waals surface area contributed by atoms with Crippen molar-refractivity contribution in [2.24, 2.45) is 4.99 Å². The van der Waals surface area contributed by atoms with E-state index in [0.717, 1.165) is 28.3 Å². The number of hydrogen-bond acceptors (Lipinski definition) is 8. The SMILES string of the molecule is CCOC(=O)c1c(N=C2SC(=CC(=O)OC)C(=O)N2c2ccccc2)sc(C)c1C. The minimum absolute atomic E-state index is 0.187. The van der Waals surface area contributed by atoms with E-state index in [0.29, 0.717) is 21.4 Å². The number of carbonyl (C=O) groups is 3. The summed E-state index contributed by atoms with van der Waals surface area (Å²) in [5.74, 6) is -1.47. The van der Waals surface area contributed by atoms with Crippen LogP contribution in [0.3, 0.4) is 0 Å². The van der Waals surface area contributed by atoms with Crippen molar-refractivity contribution in [3.05, 3.63) is 57.3 Å². The van der Waals surface area contributed by atoms with E-state index in [2.05, 4.69) is 9.73 Å². The zero-order chi connectivity index (χ0) is 21.8. The molecule has 1 aromatic heterocycles. The van der Waals surface area contributed by atoms with E-state index >= 15 is 0 Å². The molecule has 2 aromatic rings. The number of amidine groups is 1. The number of rotatable bonds is 5. The van der Waals surface area contributed by atoms with E-state index < -0.39 is 17.8 Å². The van der Waals surface area contributed by atoms with Crippen molar-refractivity contribution in [2.45, 2.75) is 20.8 Å². The Kier molecular flexibility index (Phi) is 6.73. The maximum atomic E-state index is 13.0. The molecule has 0 saturated carbocycles. The lowest BCUT2D eigenvalue weighted by atomic mass is 10.1. The van der Waals surface area contributed by atoms with Crippen LogP contribution < -0.4 is 4.90 Å². The van der Waals surface area contributed by atoms with Gasteiger partial charge in [0.05, 0.1) is 29.9 Å². The van der Waals surface area contributed by atoms with Crippen LogP contribution in [0, 0.1) is 13.8 Å². The first-order valence-electron chi connectivity index (χ1n) is 9.10. The van der Waals surface area contributed by atoms with Gasteiger partial charge in [0.25, 0.3) is 5.91 Å². The van der Waals surface area contributed by atoms with Crippen molar-refractivity contribution in [3.63, 3.8) is 0 Å². The third kappa shape index (κ3) is 4.31. The molecule has 0 N–H and O–H groups in total. The maximum Gasteiger partial charge on any atom is 0.341 e. The molecule has 7 nitrogen and oxygen atoms in total.